The van der Waals surface area contributed by atoms with E-state index in [4.69, 9.17) is 9.15 Å². The minimum atomic E-state index is -0.181. The molecule has 1 saturated heterocycles. The Balaban J connectivity index is 1.32. The van der Waals surface area contributed by atoms with Crippen LogP contribution in [0.2, 0.25) is 0 Å². The van der Waals surface area contributed by atoms with Crippen molar-refractivity contribution in [3.63, 3.8) is 0 Å². The Labute approximate surface area is 205 Å². The molecule has 2 unspecified atom stereocenters. The van der Waals surface area contributed by atoms with E-state index in [9.17, 15) is 9.59 Å². The largest absolute Gasteiger partial charge is 0.482 e. The molecule has 5 rings (SSSR count). The van der Waals surface area contributed by atoms with Crippen molar-refractivity contribution in [1.82, 2.24) is 10.2 Å². The normalized spacial score (nSPS) is 20.9. The van der Waals surface area contributed by atoms with Gasteiger partial charge < -0.3 is 19.4 Å². The fraction of sp³-hybridized carbons (Fsp3) is 0.310. The first kappa shape index (κ1) is 23.0. The van der Waals surface area contributed by atoms with Gasteiger partial charge in [0, 0.05) is 12.1 Å². The molecule has 2 atom stereocenters. The van der Waals surface area contributed by atoms with E-state index in [0.717, 1.165) is 36.8 Å². The molecule has 0 radical (unpaired) electrons. The Morgan fingerprint density at radius 3 is 2.69 bits per heavy atom. The fourth-order valence-electron chi connectivity index (χ4n) is 4.93. The van der Waals surface area contributed by atoms with Crippen LogP contribution in [0.3, 0.4) is 0 Å². The van der Waals surface area contributed by atoms with Crippen LogP contribution in [0.25, 0.3) is 6.08 Å². The van der Waals surface area contributed by atoms with Crippen molar-refractivity contribution in [2.45, 2.75) is 57.8 Å². The second kappa shape index (κ2) is 10.2. The van der Waals surface area contributed by atoms with E-state index in [0.29, 0.717) is 30.2 Å². The van der Waals surface area contributed by atoms with E-state index in [1.54, 1.807) is 30.5 Å². The molecule has 0 bridgehead atoms. The van der Waals surface area contributed by atoms with E-state index in [1.165, 1.54) is 5.56 Å². The molecular weight excluding hydrogens is 440 g/mol. The standard InChI is InChI=1S/C29H30N2O4/c1-20-6-4-7-22(16-20)19-31-25-9-2-3-10-26(25)35-27(29(31)33)17-21-11-13-23(14-12-21)28(32)30-18-24-8-5-15-34-24/h4-8,11-17,25-26H,2-3,9-10,18-19H2,1H3,(H,30,32)/b27-17+. The summed E-state index contributed by atoms with van der Waals surface area (Å²) in [5, 5.41) is 2.84. The van der Waals surface area contributed by atoms with Gasteiger partial charge in [0.15, 0.2) is 5.76 Å². The van der Waals surface area contributed by atoms with Crippen LogP contribution in [0.1, 0.15) is 58.5 Å². The van der Waals surface area contributed by atoms with E-state index in [-0.39, 0.29) is 24.0 Å². The number of ether oxygens (including phenoxy) is 1. The zero-order valence-corrected chi connectivity index (χ0v) is 19.9. The van der Waals surface area contributed by atoms with Crippen LogP contribution in [0.5, 0.6) is 0 Å². The quantitative estimate of drug-likeness (QED) is 0.501. The van der Waals surface area contributed by atoms with Gasteiger partial charge in [-0.2, -0.15) is 0 Å². The molecule has 2 aliphatic rings. The summed E-state index contributed by atoms with van der Waals surface area (Å²) in [6.45, 7) is 2.98. The average Bonchev–Trinajstić information content (AvgIpc) is 3.39. The van der Waals surface area contributed by atoms with Crippen LogP contribution >= 0.6 is 0 Å². The SMILES string of the molecule is Cc1cccc(CN2C(=O)/C(=C\c3ccc(C(=O)NCc4ccco4)cc3)OC3CCCCC32)c1. The highest BCUT2D eigenvalue weighted by Gasteiger charge is 2.41. The summed E-state index contributed by atoms with van der Waals surface area (Å²) in [7, 11) is 0. The van der Waals surface area contributed by atoms with Crippen molar-refractivity contribution in [3.05, 3.63) is 101 Å². The molecule has 6 nitrogen and oxygen atoms in total. The maximum atomic E-state index is 13.5. The molecule has 3 aromatic rings. The zero-order valence-electron chi connectivity index (χ0n) is 19.9. The summed E-state index contributed by atoms with van der Waals surface area (Å²) >= 11 is 0. The number of nitrogens with one attached hydrogen (secondary N) is 1. The van der Waals surface area contributed by atoms with Gasteiger partial charge >= 0.3 is 0 Å². The Hall–Kier alpha value is -3.80. The van der Waals surface area contributed by atoms with Crippen LogP contribution in [0.15, 0.2) is 77.1 Å². The number of aryl methyl sites for hydroxylation is 1. The van der Waals surface area contributed by atoms with Gasteiger partial charge in [-0.05, 0) is 67.7 Å². The van der Waals surface area contributed by atoms with Crippen molar-refractivity contribution >= 4 is 17.9 Å². The lowest BCUT2D eigenvalue weighted by atomic mass is 9.89. The number of benzene rings is 2. The fourth-order valence-corrected chi connectivity index (χ4v) is 4.93. The van der Waals surface area contributed by atoms with Gasteiger partial charge in [0.2, 0.25) is 0 Å². The van der Waals surface area contributed by atoms with Crippen molar-refractivity contribution in [3.8, 4) is 0 Å². The number of amides is 2. The summed E-state index contributed by atoms with van der Waals surface area (Å²) in [4.78, 5) is 27.9. The molecule has 1 aromatic heterocycles. The topological polar surface area (TPSA) is 71.8 Å². The minimum Gasteiger partial charge on any atom is -0.482 e. The maximum absolute atomic E-state index is 13.5. The van der Waals surface area contributed by atoms with Crippen molar-refractivity contribution in [2.24, 2.45) is 0 Å². The van der Waals surface area contributed by atoms with Crippen LogP contribution in [0, 0.1) is 6.92 Å². The smallest absolute Gasteiger partial charge is 0.289 e. The number of rotatable bonds is 6. The van der Waals surface area contributed by atoms with Crippen molar-refractivity contribution in [2.75, 3.05) is 0 Å². The second-order valence-electron chi connectivity index (χ2n) is 9.32. The van der Waals surface area contributed by atoms with Gasteiger partial charge in [0.1, 0.15) is 11.9 Å². The molecule has 35 heavy (non-hydrogen) atoms. The predicted octanol–water partition coefficient (Wildman–Crippen LogP) is 5.23. The van der Waals surface area contributed by atoms with Crippen molar-refractivity contribution in [1.29, 1.82) is 0 Å². The molecule has 2 amide bonds. The van der Waals surface area contributed by atoms with Gasteiger partial charge in [0.25, 0.3) is 11.8 Å². The molecule has 1 N–H and O–H groups in total. The molecule has 1 saturated carbocycles. The Bertz CT molecular complexity index is 1210. The predicted molar refractivity (Wildman–Crippen MR) is 133 cm³/mol. The average molecular weight is 471 g/mol. The summed E-state index contributed by atoms with van der Waals surface area (Å²) in [6.07, 6.45) is 7.54. The highest BCUT2D eigenvalue weighted by Crippen LogP contribution is 2.34. The monoisotopic (exact) mass is 470 g/mol. The number of carbonyl (C=O) groups is 2. The van der Waals surface area contributed by atoms with E-state index >= 15 is 0 Å². The number of morpholine rings is 1. The molecule has 2 heterocycles. The summed E-state index contributed by atoms with van der Waals surface area (Å²) in [5.41, 5.74) is 3.69. The first-order valence-corrected chi connectivity index (χ1v) is 12.2. The third kappa shape index (κ3) is 5.32. The van der Waals surface area contributed by atoms with Crippen molar-refractivity contribution < 1.29 is 18.7 Å². The Morgan fingerprint density at radius 2 is 1.91 bits per heavy atom. The molecule has 0 spiro atoms. The number of nitrogens with zero attached hydrogens (tertiary/aromatic N) is 1. The van der Waals surface area contributed by atoms with E-state index in [2.05, 4.69) is 30.4 Å². The third-order valence-electron chi connectivity index (χ3n) is 6.73. The van der Waals surface area contributed by atoms with E-state index < -0.39 is 0 Å². The molecule has 2 fully saturated rings. The molecule has 2 aromatic carbocycles. The maximum Gasteiger partial charge on any atom is 0.289 e. The van der Waals surface area contributed by atoms with Crippen LogP contribution in [-0.2, 0) is 22.6 Å². The first-order valence-electron chi connectivity index (χ1n) is 12.2. The molecule has 1 aliphatic heterocycles. The Kier molecular flexibility index (Phi) is 6.70. The van der Waals surface area contributed by atoms with Gasteiger partial charge in [-0.1, -0.05) is 48.4 Å². The van der Waals surface area contributed by atoms with Gasteiger partial charge in [-0.3, -0.25) is 9.59 Å². The number of hydrogen-bond acceptors (Lipinski definition) is 4. The molecule has 1 aliphatic carbocycles. The summed E-state index contributed by atoms with van der Waals surface area (Å²) in [5.74, 6) is 0.814. The number of fused-ring (bicyclic) bond motifs is 1. The highest BCUT2D eigenvalue weighted by molar-refractivity contribution is 5.97. The van der Waals surface area contributed by atoms with Gasteiger partial charge in [0.05, 0.1) is 18.8 Å². The van der Waals surface area contributed by atoms with Crippen LogP contribution in [-0.4, -0.2) is 28.9 Å². The lowest BCUT2D eigenvalue weighted by molar-refractivity contribution is -0.149. The first-order chi connectivity index (χ1) is 17.1. The zero-order chi connectivity index (χ0) is 24.2. The van der Waals surface area contributed by atoms with Crippen LogP contribution < -0.4 is 5.32 Å². The molecular formula is C29H30N2O4. The van der Waals surface area contributed by atoms with Gasteiger partial charge in [-0.25, -0.2) is 0 Å². The Morgan fingerprint density at radius 1 is 1.09 bits per heavy atom. The summed E-state index contributed by atoms with van der Waals surface area (Å²) < 4.78 is 11.5. The number of hydrogen-bond donors (Lipinski definition) is 1. The molecule has 6 heteroatoms. The number of carbonyl (C=O) groups excluding carboxylic acids is 2. The highest BCUT2D eigenvalue weighted by atomic mass is 16.5. The summed E-state index contributed by atoms with van der Waals surface area (Å²) in [6, 6.07) is 19.2. The van der Waals surface area contributed by atoms with Gasteiger partial charge in [-0.15, -0.1) is 0 Å². The number of furan rings is 1. The molecule has 180 valence electrons. The second-order valence-corrected chi connectivity index (χ2v) is 9.32. The van der Waals surface area contributed by atoms with Crippen LogP contribution in [0.4, 0.5) is 0 Å². The lowest BCUT2D eigenvalue weighted by Gasteiger charge is -2.44. The third-order valence-corrected chi connectivity index (χ3v) is 6.73. The van der Waals surface area contributed by atoms with E-state index in [1.807, 2.05) is 29.2 Å². The minimum absolute atomic E-state index is 0.0177. The lowest BCUT2D eigenvalue weighted by Crippen LogP contribution is -2.54.